The standard InChI is InChI=1S/C20H26N6O3.ClH/c27-19(25-10-1-2-11-25)14-29-17-5-3-4-15(12-17)22-20(28)18-13-26(24-23-18)16-6-8-21-9-7-16;/h3-5,12-13,16,21H,1-2,6-11,14H2,(H,22,28);1H. The van der Waals surface area contributed by atoms with Crippen LogP contribution in [-0.2, 0) is 4.79 Å². The maximum Gasteiger partial charge on any atom is 0.277 e. The second-order valence-corrected chi connectivity index (χ2v) is 7.42. The number of anilines is 1. The summed E-state index contributed by atoms with van der Waals surface area (Å²) in [5, 5.41) is 14.3. The summed E-state index contributed by atoms with van der Waals surface area (Å²) in [6, 6.07) is 7.28. The average Bonchev–Trinajstić information content (AvgIpc) is 3.45. The highest BCUT2D eigenvalue weighted by atomic mass is 35.5. The summed E-state index contributed by atoms with van der Waals surface area (Å²) < 4.78 is 7.39. The Balaban J connectivity index is 0.00000256. The van der Waals surface area contributed by atoms with E-state index in [4.69, 9.17) is 4.74 Å². The smallest absolute Gasteiger partial charge is 0.277 e. The molecule has 1 aromatic carbocycles. The number of nitrogens with one attached hydrogen (secondary N) is 2. The molecule has 0 spiro atoms. The van der Waals surface area contributed by atoms with Crippen LogP contribution in [0.25, 0.3) is 0 Å². The molecular formula is C20H27ClN6O3. The molecule has 2 aromatic rings. The molecule has 9 nitrogen and oxygen atoms in total. The number of hydrogen-bond acceptors (Lipinski definition) is 6. The third-order valence-electron chi connectivity index (χ3n) is 5.34. The molecule has 10 heteroatoms. The van der Waals surface area contributed by atoms with Gasteiger partial charge < -0.3 is 20.3 Å². The first-order valence-corrected chi connectivity index (χ1v) is 10.1. The summed E-state index contributed by atoms with van der Waals surface area (Å²) in [4.78, 5) is 26.4. The van der Waals surface area contributed by atoms with Crippen LogP contribution in [-0.4, -0.2) is 64.5 Å². The summed E-state index contributed by atoms with van der Waals surface area (Å²) in [6.07, 6.45) is 5.74. The zero-order chi connectivity index (χ0) is 20.1. The van der Waals surface area contributed by atoms with Crippen LogP contribution < -0.4 is 15.4 Å². The Bertz CT molecular complexity index is 862. The average molecular weight is 435 g/mol. The number of piperidine rings is 1. The van der Waals surface area contributed by atoms with E-state index in [2.05, 4.69) is 20.9 Å². The molecule has 30 heavy (non-hydrogen) atoms. The number of carbonyl (C=O) groups is 2. The van der Waals surface area contributed by atoms with Crippen LogP contribution >= 0.6 is 12.4 Å². The van der Waals surface area contributed by atoms with Gasteiger partial charge in [-0.25, -0.2) is 4.68 Å². The highest BCUT2D eigenvalue weighted by Gasteiger charge is 2.20. The number of amides is 2. The van der Waals surface area contributed by atoms with Crippen molar-refractivity contribution in [2.75, 3.05) is 38.1 Å². The lowest BCUT2D eigenvalue weighted by molar-refractivity contribution is -0.132. The Morgan fingerprint density at radius 2 is 1.97 bits per heavy atom. The zero-order valence-electron chi connectivity index (χ0n) is 16.7. The molecule has 0 atom stereocenters. The minimum Gasteiger partial charge on any atom is -0.484 e. The maximum absolute atomic E-state index is 12.5. The van der Waals surface area contributed by atoms with Gasteiger partial charge in [-0.15, -0.1) is 17.5 Å². The highest BCUT2D eigenvalue weighted by molar-refractivity contribution is 6.02. The molecule has 162 valence electrons. The van der Waals surface area contributed by atoms with Gasteiger partial charge in [-0.3, -0.25) is 9.59 Å². The van der Waals surface area contributed by atoms with Gasteiger partial charge in [0.15, 0.2) is 12.3 Å². The predicted octanol–water partition coefficient (Wildman–Crippen LogP) is 1.88. The van der Waals surface area contributed by atoms with E-state index in [9.17, 15) is 9.59 Å². The zero-order valence-corrected chi connectivity index (χ0v) is 17.6. The van der Waals surface area contributed by atoms with E-state index in [0.717, 1.165) is 51.9 Å². The van der Waals surface area contributed by atoms with Gasteiger partial charge in [0.2, 0.25) is 0 Å². The van der Waals surface area contributed by atoms with Crippen LogP contribution in [0.2, 0.25) is 0 Å². The van der Waals surface area contributed by atoms with E-state index in [1.54, 1.807) is 35.1 Å². The Kier molecular flexibility index (Phi) is 7.64. The largest absolute Gasteiger partial charge is 0.484 e. The molecule has 0 unspecified atom stereocenters. The van der Waals surface area contributed by atoms with E-state index in [-0.39, 0.29) is 42.6 Å². The van der Waals surface area contributed by atoms with Crippen LogP contribution in [0.4, 0.5) is 5.69 Å². The third-order valence-corrected chi connectivity index (χ3v) is 5.34. The van der Waals surface area contributed by atoms with Crippen LogP contribution in [0.5, 0.6) is 5.75 Å². The number of hydrogen-bond donors (Lipinski definition) is 2. The summed E-state index contributed by atoms with van der Waals surface area (Å²) in [6.45, 7) is 3.49. The molecule has 2 N–H and O–H groups in total. The lowest BCUT2D eigenvalue weighted by Gasteiger charge is -2.22. The molecule has 2 aliphatic heterocycles. The van der Waals surface area contributed by atoms with Gasteiger partial charge in [0.05, 0.1) is 12.2 Å². The summed E-state index contributed by atoms with van der Waals surface area (Å²) in [5.41, 5.74) is 0.858. The lowest BCUT2D eigenvalue weighted by Crippen LogP contribution is -2.32. The number of rotatable bonds is 6. The number of halogens is 1. The first-order chi connectivity index (χ1) is 14.2. The lowest BCUT2D eigenvalue weighted by atomic mass is 10.1. The summed E-state index contributed by atoms with van der Waals surface area (Å²) >= 11 is 0. The Morgan fingerprint density at radius 1 is 1.20 bits per heavy atom. The van der Waals surface area contributed by atoms with Crippen molar-refractivity contribution in [2.45, 2.75) is 31.7 Å². The van der Waals surface area contributed by atoms with Crippen LogP contribution in [0, 0.1) is 0 Å². The number of nitrogens with zero attached hydrogens (tertiary/aromatic N) is 4. The first-order valence-electron chi connectivity index (χ1n) is 10.1. The number of aromatic nitrogens is 3. The highest BCUT2D eigenvalue weighted by Crippen LogP contribution is 2.20. The fraction of sp³-hybridized carbons (Fsp3) is 0.500. The molecule has 2 aliphatic rings. The predicted molar refractivity (Wildman–Crippen MR) is 114 cm³/mol. The number of carbonyl (C=O) groups excluding carboxylic acids is 2. The number of benzene rings is 1. The molecule has 4 rings (SSSR count). The fourth-order valence-corrected chi connectivity index (χ4v) is 3.69. The van der Waals surface area contributed by atoms with Crippen molar-refractivity contribution in [3.63, 3.8) is 0 Å². The molecule has 0 aliphatic carbocycles. The normalized spacial score (nSPS) is 16.7. The second kappa shape index (κ2) is 10.4. The Hall–Kier alpha value is -2.65. The SMILES string of the molecule is Cl.O=C(Nc1cccc(OCC(=O)N2CCCC2)c1)c1cn(C2CCNCC2)nn1. The minimum atomic E-state index is -0.324. The van der Waals surface area contributed by atoms with Crippen molar-refractivity contribution in [2.24, 2.45) is 0 Å². The first kappa shape index (κ1) is 22.0. The van der Waals surface area contributed by atoms with Gasteiger partial charge in [-0.2, -0.15) is 0 Å². The molecule has 3 heterocycles. The summed E-state index contributed by atoms with van der Waals surface area (Å²) in [5.74, 6) is 0.204. The Morgan fingerprint density at radius 3 is 2.73 bits per heavy atom. The van der Waals surface area contributed by atoms with Crippen LogP contribution in [0.1, 0.15) is 42.2 Å². The number of ether oxygens (including phenoxy) is 1. The molecule has 0 bridgehead atoms. The van der Waals surface area contributed by atoms with E-state index in [1.807, 2.05) is 4.90 Å². The second-order valence-electron chi connectivity index (χ2n) is 7.42. The van der Waals surface area contributed by atoms with E-state index < -0.39 is 0 Å². The molecule has 0 saturated carbocycles. The van der Waals surface area contributed by atoms with Crippen molar-refractivity contribution in [1.82, 2.24) is 25.2 Å². The summed E-state index contributed by atoms with van der Waals surface area (Å²) in [7, 11) is 0. The molecule has 2 fully saturated rings. The third kappa shape index (κ3) is 5.48. The maximum atomic E-state index is 12.5. The van der Waals surface area contributed by atoms with Crippen LogP contribution in [0.3, 0.4) is 0 Å². The topological polar surface area (TPSA) is 101 Å². The van der Waals surface area contributed by atoms with E-state index in [1.165, 1.54) is 0 Å². The van der Waals surface area contributed by atoms with Gasteiger partial charge in [-0.05, 0) is 50.9 Å². The number of likely N-dealkylation sites (tertiary alicyclic amines) is 1. The van der Waals surface area contributed by atoms with Crippen LogP contribution in [0.15, 0.2) is 30.5 Å². The monoisotopic (exact) mass is 434 g/mol. The van der Waals surface area contributed by atoms with Gasteiger partial charge in [-0.1, -0.05) is 11.3 Å². The molecule has 2 saturated heterocycles. The Labute approximate surface area is 181 Å². The minimum absolute atomic E-state index is 0. The van der Waals surface area contributed by atoms with Gasteiger partial charge in [0.1, 0.15) is 5.75 Å². The van der Waals surface area contributed by atoms with Crippen molar-refractivity contribution >= 4 is 29.9 Å². The molecule has 2 amide bonds. The van der Waals surface area contributed by atoms with Gasteiger partial charge in [0.25, 0.3) is 11.8 Å². The van der Waals surface area contributed by atoms with Crippen molar-refractivity contribution in [1.29, 1.82) is 0 Å². The van der Waals surface area contributed by atoms with Crippen molar-refractivity contribution in [3.05, 3.63) is 36.2 Å². The van der Waals surface area contributed by atoms with Crippen molar-refractivity contribution < 1.29 is 14.3 Å². The van der Waals surface area contributed by atoms with E-state index >= 15 is 0 Å². The fourth-order valence-electron chi connectivity index (χ4n) is 3.69. The van der Waals surface area contributed by atoms with Gasteiger partial charge >= 0.3 is 0 Å². The van der Waals surface area contributed by atoms with Gasteiger partial charge in [0, 0.05) is 24.8 Å². The quantitative estimate of drug-likeness (QED) is 0.719. The van der Waals surface area contributed by atoms with Crippen molar-refractivity contribution in [3.8, 4) is 5.75 Å². The molecule has 1 aromatic heterocycles. The molecular weight excluding hydrogens is 408 g/mol. The molecule has 0 radical (unpaired) electrons. The van der Waals surface area contributed by atoms with E-state index in [0.29, 0.717) is 11.4 Å².